The minimum absolute atomic E-state index is 0.268. The van der Waals surface area contributed by atoms with Crippen molar-refractivity contribution in [2.75, 3.05) is 26.4 Å². The molecule has 0 heterocycles. The molecule has 0 radical (unpaired) electrons. The zero-order valence-electron chi connectivity index (χ0n) is 15.1. The highest BCUT2D eigenvalue weighted by molar-refractivity contribution is 5.81. The normalized spacial score (nSPS) is 16.2. The van der Waals surface area contributed by atoms with Gasteiger partial charge in [0.05, 0.1) is 0 Å². The van der Waals surface area contributed by atoms with Gasteiger partial charge in [0.15, 0.2) is 6.10 Å². The Balaban J connectivity index is 3.84. The SMILES string of the molecule is CCCCC(CC)COCCCNC(=O)[C@H](O)[C@H](O)[C@H](O)COO[O-]. The third-order valence-electron chi connectivity index (χ3n) is 3.93. The van der Waals surface area contributed by atoms with Gasteiger partial charge >= 0.3 is 0 Å². The number of aliphatic hydroxyl groups is 3. The van der Waals surface area contributed by atoms with E-state index in [0.717, 1.165) is 12.8 Å². The van der Waals surface area contributed by atoms with Crippen LogP contribution < -0.4 is 10.6 Å². The molecule has 25 heavy (non-hydrogen) atoms. The lowest BCUT2D eigenvalue weighted by atomic mass is 10.0. The lowest BCUT2D eigenvalue weighted by Crippen LogP contribution is -2.49. The van der Waals surface area contributed by atoms with Crippen molar-refractivity contribution in [1.29, 1.82) is 0 Å². The highest BCUT2D eigenvalue weighted by atomic mass is 17.5. The van der Waals surface area contributed by atoms with Crippen molar-refractivity contribution in [2.24, 2.45) is 5.92 Å². The van der Waals surface area contributed by atoms with Gasteiger partial charge in [-0.05, 0) is 18.8 Å². The number of ether oxygens (including phenoxy) is 1. The Morgan fingerprint density at radius 2 is 1.88 bits per heavy atom. The minimum Gasteiger partial charge on any atom is -0.692 e. The smallest absolute Gasteiger partial charge is 0.251 e. The number of nitrogens with one attached hydrogen (secondary N) is 1. The number of hydrogen-bond acceptors (Lipinski definition) is 8. The van der Waals surface area contributed by atoms with Gasteiger partial charge in [-0.3, -0.25) is 9.83 Å². The predicted molar refractivity (Wildman–Crippen MR) is 86.8 cm³/mol. The topological polar surface area (TPSA) is 141 Å². The fourth-order valence-corrected chi connectivity index (χ4v) is 2.20. The van der Waals surface area contributed by atoms with E-state index < -0.39 is 30.8 Å². The molecule has 0 aromatic heterocycles. The summed E-state index contributed by atoms with van der Waals surface area (Å²) in [7, 11) is 0. The van der Waals surface area contributed by atoms with Crippen LogP contribution in [0.4, 0.5) is 0 Å². The highest BCUT2D eigenvalue weighted by Gasteiger charge is 2.30. The van der Waals surface area contributed by atoms with E-state index in [4.69, 9.17) is 4.74 Å². The standard InChI is InChI=1S/C16H33NO8/c1-3-5-7-12(4-2)10-23-9-6-8-17-16(21)15(20)14(19)13(18)11-24-25-22/h12-15,18-20,22H,3-11H2,1-2H3,(H,17,21)/p-1/t12?,13-,14-,15-/m1/s1. The second-order valence-electron chi connectivity index (χ2n) is 5.99. The van der Waals surface area contributed by atoms with E-state index in [1.165, 1.54) is 12.8 Å². The predicted octanol–water partition coefficient (Wildman–Crippen LogP) is -0.968. The molecule has 0 saturated heterocycles. The van der Waals surface area contributed by atoms with Crippen LogP contribution >= 0.6 is 0 Å². The van der Waals surface area contributed by atoms with Crippen LogP contribution in [0.25, 0.3) is 0 Å². The van der Waals surface area contributed by atoms with Gasteiger partial charge in [-0.15, -0.1) is 0 Å². The van der Waals surface area contributed by atoms with Crippen LogP contribution in [0.5, 0.6) is 0 Å². The fourth-order valence-electron chi connectivity index (χ4n) is 2.20. The highest BCUT2D eigenvalue weighted by Crippen LogP contribution is 2.12. The van der Waals surface area contributed by atoms with Crippen molar-refractivity contribution in [3.63, 3.8) is 0 Å². The minimum atomic E-state index is -1.84. The molecular weight excluding hydrogens is 334 g/mol. The molecule has 0 saturated carbocycles. The summed E-state index contributed by atoms with van der Waals surface area (Å²) in [6.45, 7) is 5.08. The molecule has 0 aromatic carbocycles. The van der Waals surface area contributed by atoms with Crippen LogP contribution in [0.3, 0.4) is 0 Å². The average Bonchev–Trinajstić information content (AvgIpc) is 2.63. The molecular formula is C16H32NO8-. The Labute approximate surface area is 148 Å². The molecule has 150 valence electrons. The number of amides is 1. The second kappa shape index (κ2) is 15.4. The third-order valence-corrected chi connectivity index (χ3v) is 3.93. The van der Waals surface area contributed by atoms with Crippen molar-refractivity contribution < 1.29 is 40.0 Å². The summed E-state index contributed by atoms with van der Waals surface area (Å²) in [4.78, 5) is 15.6. The van der Waals surface area contributed by atoms with E-state index in [9.17, 15) is 25.4 Å². The molecule has 4 atom stereocenters. The van der Waals surface area contributed by atoms with E-state index in [2.05, 4.69) is 29.1 Å². The van der Waals surface area contributed by atoms with Gasteiger partial charge in [0.25, 0.3) is 5.91 Å². The number of aliphatic hydroxyl groups excluding tert-OH is 3. The maximum Gasteiger partial charge on any atom is 0.251 e. The zero-order valence-corrected chi connectivity index (χ0v) is 15.1. The Morgan fingerprint density at radius 1 is 1.16 bits per heavy atom. The van der Waals surface area contributed by atoms with Gasteiger partial charge in [0.2, 0.25) is 0 Å². The van der Waals surface area contributed by atoms with Crippen LogP contribution in [0.2, 0.25) is 0 Å². The molecule has 0 aliphatic carbocycles. The zero-order chi connectivity index (χ0) is 19.1. The first kappa shape index (κ1) is 24.2. The number of carbonyl (C=O) groups is 1. The van der Waals surface area contributed by atoms with Gasteiger partial charge < -0.3 is 30.6 Å². The van der Waals surface area contributed by atoms with Gasteiger partial charge in [0.1, 0.15) is 18.8 Å². The first-order valence-corrected chi connectivity index (χ1v) is 8.78. The molecule has 0 aliphatic rings. The van der Waals surface area contributed by atoms with Crippen LogP contribution in [0, 0.1) is 5.92 Å². The molecule has 0 bridgehead atoms. The summed E-state index contributed by atoms with van der Waals surface area (Å²) in [6.07, 6.45) is -0.125. The Bertz CT molecular complexity index is 331. The largest absolute Gasteiger partial charge is 0.692 e. The monoisotopic (exact) mass is 366 g/mol. The van der Waals surface area contributed by atoms with Crippen molar-refractivity contribution >= 4 is 5.91 Å². The molecule has 1 amide bonds. The molecule has 0 fully saturated rings. The molecule has 0 spiro atoms. The van der Waals surface area contributed by atoms with Crippen molar-refractivity contribution in [3.05, 3.63) is 0 Å². The van der Waals surface area contributed by atoms with Gasteiger partial charge in [0, 0.05) is 19.8 Å². The van der Waals surface area contributed by atoms with Crippen LogP contribution in [0.15, 0.2) is 0 Å². The molecule has 9 heteroatoms. The number of unbranched alkanes of at least 4 members (excludes halogenated alkanes) is 1. The first-order chi connectivity index (χ1) is 12.0. The van der Waals surface area contributed by atoms with Crippen LogP contribution in [-0.4, -0.2) is 65.9 Å². The molecule has 4 N–H and O–H groups in total. The molecule has 0 rings (SSSR count). The second-order valence-corrected chi connectivity index (χ2v) is 5.99. The van der Waals surface area contributed by atoms with E-state index in [0.29, 0.717) is 25.6 Å². The quantitative estimate of drug-likeness (QED) is 0.155. The molecule has 0 aromatic rings. The van der Waals surface area contributed by atoms with Gasteiger partial charge in [-0.1, -0.05) is 33.1 Å². The van der Waals surface area contributed by atoms with Crippen LogP contribution in [-0.2, 0) is 19.5 Å². The van der Waals surface area contributed by atoms with Gasteiger partial charge in [-0.2, -0.15) is 0 Å². The number of rotatable bonds is 16. The summed E-state index contributed by atoms with van der Waals surface area (Å²) in [5.41, 5.74) is 0. The van der Waals surface area contributed by atoms with E-state index >= 15 is 0 Å². The lowest BCUT2D eigenvalue weighted by molar-refractivity contribution is -0.800. The summed E-state index contributed by atoms with van der Waals surface area (Å²) < 4.78 is 5.59. The fraction of sp³-hybridized carbons (Fsp3) is 0.938. The van der Waals surface area contributed by atoms with Crippen molar-refractivity contribution in [1.82, 2.24) is 5.32 Å². The number of hydrogen-bond donors (Lipinski definition) is 4. The average molecular weight is 366 g/mol. The van der Waals surface area contributed by atoms with E-state index in [1.807, 2.05) is 0 Å². The van der Waals surface area contributed by atoms with E-state index in [1.54, 1.807) is 0 Å². The lowest BCUT2D eigenvalue weighted by Gasteiger charge is -2.22. The maximum absolute atomic E-state index is 11.7. The summed E-state index contributed by atoms with van der Waals surface area (Å²) >= 11 is 0. The maximum atomic E-state index is 11.7. The van der Waals surface area contributed by atoms with Gasteiger partial charge in [-0.25, -0.2) is 4.89 Å². The third kappa shape index (κ3) is 11.4. The summed E-state index contributed by atoms with van der Waals surface area (Å²) in [5, 5.41) is 43.7. The molecule has 1 unspecified atom stereocenters. The van der Waals surface area contributed by atoms with Crippen LogP contribution in [0.1, 0.15) is 46.0 Å². The molecule has 9 nitrogen and oxygen atoms in total. The van der Waals surface area contributed by atoms with Crippen molar-refractivity contribution in [2.45, 2.75) is 64.3 Å². The van der Waals surface area contributed by atoms with E-state index in [-0.39, 0.29) is 6.54 Å². The Kier molecular flexibility index (Phi) is 14.9. The summed E-state index contributed by atoms with van der Waals surface area (Å²) in [6, 6.07) is 0. The van der Waals surface area contributed by atoms with Crippen molar-refractivity contribution in [3.8, 4) is 0 Å². The Hall–Kier alpha value is -0.810. The summed E-state index contributed by atoms with van der Waals surface area (Å²) in [5.74, 6) is -0.280. The number of carbonyl (C=O) groups excluding carboxylic acids is 1. The first-order valence-electron chi connectivity index (χ1n) is 8.78. The Morgan fingerprint density at radius 3 is 2.48 bits per heavy atom. The molecule has 0 aliphatic heterocycles.